The second-order valence-electron chi connectivity index (χ2n) is 6.79. The van der Waals surface area contributed by atoms with E-state index in [0.717, 1.165) is 18.4 Å². The summed E-state index contributed by atoms with van der Waals surface area (Å²) in [4.78, 5) is 35.1. The molecule has 0 spiro atoms. The number of hydrogen-bond donors (Lipinski definition) is 1. The fraction of sp³-hybridized carbons (Fsp3) is 0.364. The van der Waals surface area contributed by atoms with Crippen molar-refractivity contribution in [2.75, 3.05) is 6.61 Å². The van der Waals surface area contributed by atoms with Crippen LogP contribution in [0.4, 0.5) is 10.5 Å². The minimum Gasteiger partial charge on any atom is -0.459 e. The topological polar surface area (TPSA) is 117 Å². The van der Waals surface area contributed by atoms with Crippen molar-refractivity contribution in [3.8, 4) is 5.75 Å². The van der Waals surface area contributed by atoms with Gasteiger partial charge in [-0.3, -0.25) is 10.1 Å². The first-order valence-corrected chi connectivity index (χ1v) is 9.95. The molecular weight excluding hydrogens is 404 g/mol. The number of nitrogens with zero attached hydrogens (tertiary/aromatic N) is 1. The summed E-state index contributed by atoms with van der Waals surface area (Å²) in [6, 6.07) is 13.1. The van der Waals surface area contributed by atoms with Gasteiger partial charge in [-0.15, -0.1) is 0 Å². The number of non-ortho nitro benzene ring substituents is 1. The zero-order valence-electron chi connectivity index (χ0n) is 17.5. The smallest absolute Gasteiger partial charge is 0.413 e. The maximum Gasteiger partial charge on any atom is 0.413 e. The molecule has 0 aliphatic carbocycles. The summed E-state index contributed by atoms with van der Waals surface area (Å²) in [6.07, 6.45) is 0.176. The Labute approximate surface area is 180 Å². The van der Waals surface area contributed by atoms with Crippen molar-refractivity contribution in [3.05, 3.63) is 70.3 Å². The average molecular weight is 430 g/mol. The molecule has 2 aromatic carbocycles. The second-order valence-corrected chi connectivity index (χ2v) is 6.79. The third-order valence-corrected chi connectivity index (χ3v) is 4.36. The Morgan fingerprint density at radius 1 is 1.10 bits per heavy atom. The van der Waals surface area contributed by atoms with E-state index in [1.807, 2.05) is 37.3 Å². The van der Waals surface area contributed by atoms with Crippen LogP contribution in [0.1, 0.15) is 32.3 Å². The van der Waals surface area contributed by atoms with Crippen LogP contribution in [0.25, 0.3) is 0 Å². The van der Waals surface area contributed by atoms with Crippen molar-refractivity contribution in [1.82, 2.24) is 5.32 Å². The van der Waals surface area contributed by atoms with Gasteiger partial charge in [-0.25, -0.2) is 9.59 Å². The fourth-order valence-corrected chi connectivity index (χ4v) is 2.60. The summed E-state index contributed by atoms with van der Waals surface area (Å²) in [5, 5.41) is 13.2. The highest BCUT2D eigenvalue weighted by Crippen LogP contribution is 2.17. The summed E-state index contributed by atoms with van der Waals surface area (Å²) in [6.45, 7) is 4.16. The lowest BCUT2D eigenvalue weighted by atomic mass is 10.2. The van der Waals surface area contributed by atoms with E-state index in [1.165, 1.54) is 24.3 Å². The molecule has 9 heteroatoms. The first-order chi connectivity index (χ1) is 14.9. The Morgan fingerprint density at radius 2 is 1.77 bits per heavy atom. The van der Waals surface area contributed by atoms with Crippen LogP contribution in [0.5, 0.6) is 5.75 Å². The number of unbranched alkanes of at least 4 members (excludes halogenated alkanes) is 1. The van der Waals surface area contributed by atoms with Crippen LogP contribution in [-0.2, 0) is 20.9 Å². The molecule has 0 heterocycles. The Hall–Kier alpha value is -3.46. The van der Waals surface area contributed by atoms with Crippen LogP contribution in [0.3, 0.4) is 0 Å². The normalized spacial score (nSPS) is 12.5. The minimum absolute atomic E-state index is 0.0525. The molecule has 2 unspecified atom stereocenters. The van der Waals surface area contributed by atoms with E-state index in [0.29, 0.717) is 6.61 Å². The Kier molecular flexibility index (Phi) is 9.44. The van der Waals surface area contributed by atoms with E-state index in [1.54, 1.807) is 6.92 Å². The van der Waals surface area contributed by atoms with Gasteiger partial charge in [0.15, 0.2) is 6.04 Å². The van der Waals surface area contributed by atoms with Crippen LogP contribution in [0, 0.1) is 10.1 Å². The number of rotatable bonds is 11. The first kappa shape index (κ1) is 23.8. The number of benzene rings is 2. The summed E-state index contributed by atoms with van der Waals surface area (Å²) in [5.74, 6) is -0.562. The van der Waals surface area contributed by atoms with Crippen LogP contribution in [-0.4, -0.2) is 35.7 Å². The van der Waals surface area contributed by atoms with Gasteiger partial charge in [0.1, 0.15) is 12.4 Å². The summed E-state index contributed by atoms with van der Waals surface area (Å²) < 4.78 is 16.1. The molecule has 0 saturated heterocycles. The number of carbonyl (C=O) groups is 2. The number of amides is 1. The highest BCUT2D eigenvalue weighted by atomic mass is 16.6. The number of nitro groups is 1. The summed E-state index contributed by atoms with van der Waals surface area (Å²) in [5.41, 5.74) is 0.677. The molecule has 2 atom stereocenters. The highest BCUT2D eigenvalue weighted by Gasteiger charge is 2.30. The first-order valence-electron chi connectivity index (χ1n) is 9.95. The minimum atomic E-state index is -1.09. The molecular formula is C22H26N2O7. The molecule has 2 aromatic rings. The van der Waals surface area contributed by atoms with Crippen molar-refractivity contribution >= 4 is 17.7 Å². The molecule has 1 N–H and O–H groups in total. The van der Waals surface area contributed by atoms with Gasteiger partial charge in [0.05, 0.1) is 11.0 Å². The Morgan fingerprint density at radius 3 is 2.39 bits per heavy atom. The molecule has 0 saturated carbocycles. The monoisotopic (exact) mass is 430 g/mol. The van der Waals surface area contributed by atoms with Crippen molar-refractivity contribution in [3.63, 3.8) is 0 Å². The molecule has 0 bridgehead atoms. The Balaban J connectivity index is 2.01. The van der Waals surface area contributed by atoms with Crippen molar-refractivity contribution in [2.24, 2.45) is 0 Å². The van der Waals surface area contributed by atoms with Gasteiger partial charge in [-0.05, 0) is 31.0 Å². The molecule has 2 rings (SSSR count). The largest absolute Gasteiger partial charge is 0.459 e. The quantitative estimate of drug-likeness (QED) is 0.248. The zero-order valence-corrected chi connectivity index (χ0v) is 17.5. The predicted octanol–water partition coefficient (Wildman–Crippen LogP) is 4.00. The van der Waals surface area contributed by atoms with Gasteiger partial charge in [-0.2, -0.15) is 0 Å². The standard InChI is InChI=1S/C22H26N2O7/c1-3-4-14-29-16(2)20(21(25)30-15-17-8-6-5-7-9-17)23-22(26)31-19-12-10-18(11-13-19)24(27)28/h5-13,16,20H,3-4,14-15H2,1-2H3,(H,23,26). The van der Waals surface area contributed by atoms with Crippen LogP contribution < -0.4 is 10.1 Å². The van der Waals surface area contributed by atoms with Gasteiger partial charge in [-0.1, -0.05) is 43.7 Å². The fourth-order valence-electron chi connectivity index (χ4n) is 2.60. The maximum atomic E-state index is 12.7. The molecule has 31 heavy (non-hydrogen) atoms. The number of nitro benzene ring substituents is 1. The lowest BCUT2D eigenvalue weighted by molar-refractivity contribution is -0.384. The average Bonchev–Trinajstić information content (AvgIpc) is 2.77. The molecule has 166 valence electrons. The SMILES string of the molecule is CCCCOC(C)C(NC(=O)Oc1ccc([N+](=O)[O-])cc1)C(=O)OCc1ccccc1. The highest BCUT2D eigenvalue weighted by molar-refractivity contribution is 5.82. The van der Waals surface area contributed by atoms with E-state index in [-0.39, 0.29) is 18.0 Å². The molecule has 0 aliphatic heterocycles. The van der Waals surface area contributed by atoms with Gasteiger partial charge in [0.25, 0.3) is 5.69 Å². The number of esters is 1. The van der Waals surface area contributed by atoms with Crippen molar-refractivity contribution in [1.29, 1.82) is 0 Å². The summed E-state index contributed by atoms with van der Waals surface area (Å²) in [7, 11) is 0. The maximum absolute atomic E-state index is 12.7. The number of carbonyl (C=O) groups excluding carboxylic acids is 2. The summed E-state index contributed by atoms with van der Waals surface area (Å²) >= 11 is 0. The van der Waals surface area contributed by atoms with Crippen LogP contribution in [0.15, 0.2) is 54.6 Å². The zero-order chi connectivity index (χ0) is 22.6. The van der Waals surface area contributed by atoms with E-state index in [9.17, 15) is 19.7 Å². The molecule has 9 nitrogen and oxygen atoms in total. The molecule has 0 aromatic heterocycles. The number of ether oxygens (including phenoxy) is 3. The van der Waals surface area contributed by atoms with E-state index < -0.39 is 29.1 Å². The number of hydrogen-bond acceptors (Lipinski definition) is 7. The molecule has 1 amide bonds. The van der Waals surface area contributed by atoms with Crippen LogP contribution in [0.2, 0.25) is 0 Å². The lowest BCUT2D eigenvalue weighted by Crippen LogP contribution is -2.50. The van der Waals surface area contributed by atoms with Gasteiger partial charge < -0.3 is 19.5 Å². The van der Waals surface area contributed by atoms with Crippen molar-refractivity contribution < 1.29 is 28.7 Å². The number of nitrogens with one attached hydrogen (secondary N) is 1. The third-order valence-electron chi connectivity index (χ3n) is 4.36. The third kappa shape index (κ3) is 8.06. The van der Waals surface area contributed by atoms with E-state index in [2.05, 4.69) is 5.32 Å². The van der Waals surface area contributed by atoms with E-state index in [4.69, 9.17) is 14.2 Å². The second kappa shape index (κ2) is 12.3. The predicted molar refractivity (Wildman–Crippen MR) is 113 cm³/mol. The van der Waals surface area contributed by atoms with Gasteiger partial charge >= 0.3 is 12.1 Å². The lowest BCUT2D eigenvalue weighted by Gasteiger charge is -2.23. The van der Waals surface area contributed by atoms with Crippen LogP contribution >= 0.6 is 0 Å². The van der Waals surface area contributed by atoms with Crippen molar-refractivity contribution in [2.45, 2.75) is 45.4 Å². The van der Waals surface area contributed by atoms with Gasteiger partial charge in [0, 0.05) is 18.7 Å². The Bertz CT molecular complexity index is 856. The van der Waals surface area contributed by atoms with E-state index >= 15 is 0 Å². The van der Waals surface area contributed by atoms with Gasteiger partial charge in [0.2, 0.25) is 0 Å². The molecule has 0 aliphatic rings. The molecule has 0 fully saturated rings. The molecule has 0 radical (unpaired) electrons.